The lowest BCUT2D eigenvalue weighted by atomic mass is 9.84. The number of rotatable bonds is 2. The molecule has 1 heterocycles. The Balaban J connectivity index is 1.78. The highest BCUT2D eigenvalue weighted by Gasteiger charge is 2.33. The Morgan fingerprint density at radius 1 is 1.12 bits per heavy atom. The summed E-state index contributed by atoms with van der Waals surface area (Å²) in [6.45, 7) is 1.97. The van der Waals surface area contributed by atoms with Crippen molar-refractivity contribution in [1.82, 2.24) is 4.90 Å². The van der Waals surface area contributed by atoms with E-state index in [1.807, 2.05) is 0 Å². The highest BCUT2D eigenvalue weighted by molar-refractivity contribution is 5.31. The van der Waals surface area contributed by atoms with Crippen LogP contribution in [0.3, 0.4) is 0 Å². The lowest BCUT2D eigenvalue weighted by Crippen LogP contribution is -2.40. The number of piperidine rings is 1. The van der Waals surface area contributed by atoms with Gasteiger partial charge in [-0.25, -0.2) is 0 Å². The molecule has 17 heavy (non-hydrogen) atoms. The third-order valence-corrected chi connectivity index (χ3v) is 4.31. The number of aliphatic hydroxyl groups is 1. The fraction of sp³-hybridized carbons (Fsp3) is 0.600. The minimum absolute atomic E-state index is 0.589. The zero-order valence-electron chi connectivity index (χ0n) is 10.5. The van der Waals surface area contributed by atoms with Gasteiger partial charge in [-0.05, 0) is 49.8 Å². The van der Waals surface area contributed by atoms with Gasteiger partial charge in [-0.1, -0.05) is 24.3 Å². The predicted octanol–water partition coefficient (Wildman–Crippen LogP) is 2.48. The van der Waals surface area contributed by atoms with E-state index in [0.717, 1.165) is 37.4 Å². The van der Waals surface area contributed by atoms with E-state index in [-0.39, 0.29) is 0 Å². The van der Waals surface area contributed by atoms with Gasteiger partial charge in [0.2, 0.25) is 0 Å². The van der Waals surface area contributed by atoms with Crippen molar-refractivity contribution in [2.45, 2.75) is 37.2 Å². The molecule has 1 aliphatic heterocycles. The topological polar surface area (TPSA) is 23.5 Å². The summed E-state index contributed by atoms with van der Waals surface area (Å²) in [6, 6.07) is 8.70. The highest BCUT2D eigenvalue weighted by atomic mass is 16.3. The zero-order chi connectivity index (χ0) is 11.9. The van der Waals surface area contributed by atoms with Crippen LogP contribution in [0.2, 0.25) is 0 Å². The summed E-state index contributed by atoms with van der Waals surface area (Å²) in [5, 5.41) is 10.7. The van der Waals surface area contributed by atoms with E-state index in [1.54, 1.807) is 0 Å². The molecule has 0 aromatic heterocycles. The van der Waals surface area contributed by atoms with Crippen LogP contribution in [0.4, 0.5) is 0 Å². The SMILES string of the molecule is CN1CCC(O)(c2ccc(C3CC3)cc2)CC1. The van der Waals surface area contributed by atoms with Gasteiger partial charge in [0.1, 0.15) is 0 Å². The predicted molar refractivity (Wildman–Crippen MR) is 69.0 cm³/mol. The first-order chi connectivity index (χ1) is 8.17. The number of benzene rings is 1. The summed E-state index contributed by atoms with van der Waals surface area (Å²) >= 11 is 0. The number of hydrogen-bond acceptors (Lipinski definition) is 2. The van der Waals surface area contributed by atoms with Crippen molar-refractivity contribution in [3.63, 3.8) is 0 Å². The molecular formula is C15H21NO. The van der Waals surface area contributed by atoms with Crippen molar-refractivity contribution >= 4 is 0 Å². The van der Waals surface area contributed by atoms with Crippen molar-refractivity contribution in [3.8, 4) is 0 Å². The Kier molecular flexibility index (Phi) is 2.72. The van der Waals surface area contributed by atoms with Gasteiger partial charge >= 0.3 is 0 Å². The molecule has 1 aromatic carbocycles. The van der Waals surface area contributed by atoms with Gasteiger partial charge in [0.25, 0.3) is 0 Å². The summed E-state index contributed by atoms with van der Waals surface area (Å²) in [5.41, 5.74) is 1.97. The molecule has 0 atom stereocenters. The first-order valence-corrected chi connectivity index (χ1v) is 6.69. The third-order valence-electron chi connectivity index (χ3n) is 4.31. The molecule has 2 heteroatoms. The van der Waals surface area contributed by atoms with Crippen LogP contribution in [0, 0.1) is 0 Å². The molecule has 0 unspecified atom stereocenters. The van der Waals surface area contributed by atoms with Crippen molar-refractivity contribution in [1.29, 1.82) is 0 Å². The van der Waals surface area contributed by atoms with Gasteiger partial charge in [-0.15, -0.1) is 0 Å². The highest BCUT2D eigenvalue weighted by Crippen LogP contribution is 2.41. The monoisotopic (exact) mass is 231 g/mol. The molecule has 1 aliphatic carbocycles. The van der Waals surface area contributed by atoms with Gasteiger partial charge < -0.3 is 10.0 Å². The molecule has 0 bridgehead atoms. The van der Waals surface area contributed by atoms with Gasteiger partial charge in [0, 0.05) is 13.1 Å². The van der Waals surface area contributed by atoms with Gasteiger partial charge in [-0.2, -0.15) is 0 Å². The first kappa shape index (κ1) is 11.2. The quantitative estimate of drug-likeness (QED) is 0.845. The summed E-state index contributed by atoms with van der Waals surface area (Å²) < 4.78 is 0. The maximum atomic E-state index is 10.7. The average molecular weight is 231 g/mol. The van der Waals surface area contributed by atoms with E-state index in [0.29, 0.717) is 0 Å². The molecule has 1 saturated carbocycles. The van der Waals surface area contributed by atoms with Crippen LogP contribution in [-0.4, -0.2) is 30.1 Å². The Labute approximate surface area is 103 Å². The maximum Gasteiger partial charge on any atom is 0.0920 e. The summed E-state index contributed by atoms with van der Waals surface area (Å²) in [4.78, 5) is 2.28. The molecule has 1 N–H and O–H groups in total. The van der Waals surface area contributed by atoms with Crippen LogP contribution < -0.4 is 0 Å². The van der Waals surface area contributed by atoms with Crippen LogP contribution in [0.1, 0.15) is 42.7 Å². The molecule has 92 valence electrons. The normalized spacial score (nSPS) is 24.8. The van der Waals surface area contributed by atoms with E-state index < -0.39 is 5.60 Å². The summed E-state index contributed by atoms with van der Waals surface area (Å²) in [5.74, 6) is 0.802. The molecular weight excluding hydrogens is 210 g/mol. The number of nitrogens with zero attached hydrogens (tertiary/aromatic N) is 1. The average Bonchev–Trinajstić information content (AvgIpc) is 3.18. The number of hydrogen-bond donors (Lipinski definition) is 1. The van der Waals surface area contributed by atoms with Gasteiger partial charge in [0.15, 0.2) is 0 Å². The van der Waals surface area contributed by atoms with Crippen LogP contribution in [0.15, 0.2) is 24.3 Å². The Bertz CT molecular complexity index is 386. The van der Waals surface area contributed by atoms with Gasteiger partial charge in [-0.3, -0.25) is 0 Å². The van der Waals surface area contributed by atoms with Crippen molar-refractivity contribution < 1.29 is 5.11 Å². The molecule has 1 saturated heterocycles. The van der Waals surface area contributed by atoms with E-state index in [4.69, 9.17) is 0 Å². The van der Waals surface area contributed by atoms with Gasteiger partial charge in [0.05, 0.1) is 5.60 Å². The molecule has 2 nitrogen and oxygen atoms in total. The third kappa shape index (κ3) is 2.24. The van der Waals surface area contributed by atoms with E-state index in [1.165, 1.54) is 18.4 Å². The fourth-order valence-corrected chi connectivity index (χ4v) is 2.76. The molecule has 0 spiro atoms. The summed E-state index contributed by atoms with van der Waals surface area (Å²) in [7, 11) is 2.12. The molecule has 1 aromatic rings. The summed E-state index contributed by atoms with van der Waals surface area (Å²) in [6.07, 6.45) is 4.39. The van der Waals surface area contributed by atoms with Crippen LogP contribution in [-0.2, 0) is 5.60 Å². The standard InChI is InChI=1S/C15H21NO/c1-16-10-8-15(17,9-11-16)14-6-4-13(5-7-14)12-2-3-12/h4-7,12,17H,2-3,8-11H2,1H3. The molecule has 3 rings (SSSR count). The van der Waals surface area contributed by atoms with Crippen molar-refractivity contribution in [2.24, 2.45) is 0 Å². The molecule has 0 amide bonds. The van der Waals surface area contributed by atoms with Crippen LogP contribution in [0.5, 0.6) is 0 Å². The second-order valence-corrected chi connectivity index (χ2v) is 5.73. The minimum Gasteiger partial charge on any atom is -0.385 e. The Hall–Kier alpha value is -0.860. The molecule has 0 radical (unpaired) electrons. The largest absolute Gasteiger partial charge is 0.385 e. The Morgan fingerprint density at radius 2 is 1.71 bits per heavy atom. The first-order valence-electron chi connectivity index (χ1n) is 6.69. The number of likely N-dealkylation sites (tertiary alicyclic amines) is 1. The Morgan fingerprint density at radius 3 is 2.24 bits per heavy atom. The van der Waals surface area contributed by atoms with E-state index in [9.17, 15) is 5.11 Å². The smallest absolute Gasteiger partial charge is 0.0920 e. The second-order valence-electron chi connectivity index (χ2n) is 5.73. The minimum atomic E-state index is -0.589. The van der Waals surface area contributed by atoms with E-state index >= 15 is 0 Å². The fourth-order valence-electron chi connectivity index (χ4n) is 2.76. The lowest BCUT2D eigenvalue weighted by molar-refractivity contribution is -0.0203. The van der Waals surface area contributed by atoms with E-state index in [2.05, 4.69) is 36.2 Å². The second kappa shape index (κ2) is 4.11. The van der Waals surface area contributed by atoms with Crippen LogP contribution in [0.25, 0.3) is 0 Å². The van der Waals surface area contributed by atoms with Crippen LogP contribution >= 0.6 is 0 Å². The molecule has 2 aliphatic rings. The maximum absolute atomic E-state index is 10.7. The zero-order valence-corrected chi connectivity index (χ0v) is 10.5. The van der Waals surface area contributed by atoms with Crippen molar-refractivity contribution in [2.75, 3.05) is 20.1 Å². The van der Waals surface area contributed by atoms with Crippen molar-refractivity contribution in [3.05, 3.63) is 35.4 Å². The lowest BCUT2D eigenvalue weighted by Gasteiger charge is -2.37. The molecule has 2 fully saturated rings.